The van der Waals surface area contributed by atoms with Crippen molar-refractivity contribution in [3.05, 3.63) is 64.7 Å². The van der Waals surface area contributed by atoms with Crippen molar-refractivity contribution < 1.29 is 5.11 Å². The van der Waals surface area contributed by atoms with E-state index in [1.807, 2.05) is 6.07 Å². The predicted octanol–water partition coefficient (Wildman–Crippen LogP) is 2.94. The number of hydrogen-bond donors (Lipinski definition) is 2. The second-order valence-corrected chi connectivity index (χ2v) is 5.59. The molecule has 2 atom stereocenters. The van der Waals surface area contributed by atoms with Gasteiger partial charge in [0.05, 0.1) is 0 Å². The van der Waals surface area contributed by atoms with Crippen LogP contribution in [0, 0.1) is 0 Å². The summed E-state index contributed by atoms with van der Waals surface area (Å²) < 4.78 is 0. The Morgan fingerprint density at radius 2 is 1.89 bits per heavy atom. The predicted molar refractivity (Wildman–Crippen MR) is 75.3 cm³/mol. The Labute approximate surface area is 113 Å². The summed E-state index contributed by atoms with van der Waals surface area (Å²) in [5, 5.41) is 13.5. The Morgan fingerprint density at radius 3 is 2.84 bits per heavy atom. The van der Waals surface area contributed by atoms with E-state index in [-0.39, 0.29) is 0 Å². The number of aromatic hydroxyl groups is 1. The normalized spacial score (nSPS) is 24.2. The Balaban J connectivity index is 1.92. The summed E-state index contributed by atoms with van der Waals surface area (Å²) in [5.74, 6) is 0.767. The SMILES string of the molecule is Oc1ccc2c(c1)[C@@H]1c3ccccc3CN[C@@H]1CC2. The minimum atomic E-state index is 0.377. The first-order chi connectivity index (χ1) is 9.33. The molecule has 0 bridgehead atoms. The van der Waals surface area contributed by atoms with Gasteiger partial charge in [-0.2, -0.15) is 0 Å². The number of phenols is 1. The molecule has 1 aliphatic carbocycles. The molecule has 0 fully saturated rings. The molecule has 2 aromatic rings. The zero-order valence-electron chi connectivity index (χ0n) is 10.8. The van der Waals surface area contributed by atoms with Gasteiger partial charge in [0.25, 0.3) is 0 Å². The summed E-state index contributed by atoms with van der Waals surface area (Å²) in [4.78, 5) is 0. The molecule has 19 heavy (non-hydrogen) atoms. The van der Waals surface area contributed by atoms with Crippen LogP contribution < -0.4 is 5.32 Å². The number of rotatable bonds is 0. The Morgan fingerprint density at radius 1 is 1.00 bits per heavy atom. The lowest BCUT2D eigenvalue weighted by Gasteiger charge is -2.39. The summed E-state index contributed by atoms with van der Waals surface area (Å²) in [5.41, 5.74) is 5.51. The first-order valence-corrected chi connectivity index (χ1v) is 6.96. The van der Waals surface area contributed by atoms with Crippen molar-refractivity contribution in [2.75, 3.05) is 0 Å². The molecule has 0 unspecified atom stereocenters. The molecule has 2 N–H and O–H groups in total. The van der Waals surface area contributed by atoms with E-state index in [2.05, 4.69) is 35.6 Å². The van der Waals surface area contributed by atoms with Crippen LogP contribution in [0.5, 0.6) is 5.75 Å². The molecule has 0 spiro atoms. The minimum Gasteiger partial charge on any atom is -0.508 e. The van der Waals surface area contributed by atoms with E-state index in [4.69, 9.17) is 0 Å². The Kier molecular flexibility index (Phi) is 2.39. The van der Waals surface area contributed by atoms with Crippen molar-refractivity contribution in [1.29, 1.82) is 0 Å². The zero-order valence-corrected chi connectivity index (χ0v) is 10.8. The van der Waals surface area contributed by atoms with Crippen LogP contribution in [0.15, 0.2) is 42.5 Å². The molecular weight excluding hydrogens is 234 g/mol. The van der Waals surface area contributed by atoms with Gasteiger partial charge >= 0.3 is 0 Å². The van der Waals surface area contributed by atoms with Gasteiger partial charge in [-0.1, -0.05) is 30.3 Å². The van der Waals surface area contributed by atoms with Crippen molar-refractivity contribution in [1.82, 2.24) is 5.32 Å². The lowest BCUT2D eigenvalue weighted by atomic mass is 9.72. The van der Waals surface area contributed by atoms with Crippen LogP contribution >= 0.6 is 0 Å². The highest BCUT2D eigenvalue weighted by Crippen LogP contribution is 2.41. The fourth-order valence-corrected chi connectivity index (χ4v) is 3.64. The van der Waals surface area contributed by atoms with Crippen molar-refractivity contribution in [2.45, 2.75) is 31.3 Å². The van der Waals surface area contributed by atoms with Gasteiger partial charge in [0.1, 0.15) is 5.75 Å². The highest BCUT2D eigenvalue weighted by molar-refractivity contribution is 5.48. The fourth-order valence-electron chi connectivity index (χ4n) is 3.64. The Hall–Kier alpha value is -1.80. The zero-order chi connectivity index (χ0) is 12.8. The quantitative estimate of drug-likeness (QED) is 0.754. The molecule has 2 heteroatoms. The molecule has 0 radical (unpaired) electrons. The van der Waals surface area contributed by atoms with Crippen LogP contribution in [0.3, 0.4) is 0 Å². The van der Waals surface area contributed by atoms with E-state index >= 15 is 0 Å². The summed E-state index contributed by atoms with van der Waals surface area (Å²) in [6, 6.07) is 15.0. The van der Waals surface area contributed by atoms with Gasteiger partial charge < -0.3 is 10.4 Å². The number of nitrogens with one attached hydrogen (secondary N) is 1. The molecule has 0 saturated heterocycles. The number of aryl methyl sites for hydroxylation is 1. The van der Waals surface area contributed by atoms with Gasteiger partial charge in [-0.3, -0.25) is 0 Å². The molecule has 1 aliphatic heterocycles. The van der Waals surface area contributed by atoms with Gasteiger partial charge in [-0.05, 0) is 47.2 Å². The summed E-state index contributed by atoms with van der Waals surface area (Å²) in [6.07, 6.45) is 2.28. The molecule has 1 heterocycles. The van der Waals surface area contributed by atoms with Gasteiger partial charge in [-0.15, -0.1) is 0 Å². The molecule has 2 aromatic carbocycles. The summed E-state index contributed by atoms with van der Waals surface area (Å²) in [7, 11) is 0. The van der Waals surface area contributed by atoms with Crippen LogP contribution in [0.2, 0.25) is 0 Å². The average molecular weight is 251 g/mol. The standard InChI is InChI=1S/C17H17NO/c19-13-7-5-11-6-8-16-17(15(11)9-13)14-4-2-1-3-12(14)10-18-16/h1-5,7,9,16-19H,6,8,10H2/t16-,17+/m1/s1. The molecule has 2 nitrogen and oxygen atoms in total. The summed E-state index contributed by atoms with van der Waals surface area (Å²) in [6.45, 7) is 0.964. The van der Waals surface area contributed by atoms with Gasteiger partial charge in [0.15, 0.2) is 0 Å². The minimum absolute atomic E-state index is 0.377. The largest absolute Gasteiger partial charge is 0.508 e. The molecule has 4 rings (SSSR count). The highest BCUT2D eigenvalue weighted by atomic mass is 16.3. The third kappa shape index (κ3) is 1.67. The smallest absolute Gasteiger partial charge is 0.115 e. The molecule has 0 aromatic heterocycles. The Bertz CT molecular complexity index is 635. The van der Waals surface area contributed by atoms with Crippen LogP contribution in [0.1, 0.15) is 34.6 Å². The van der Waals surface area contributed by atoms with Crippen molar-refractivity contribution in [3.8, 4) is 5.75 Å². The topological polar surface area (TPSA) is 32.3 Å². The molecule has 0 amide bonds. The van der Waals surface area contributed by atoms with E-state index in [9.17, 15) is 5.11 Å². The maximum atomic E-state index is 9.81. The first-order valence-electron chi connectivity index (χ1n) is 6.96. The third-order valence-corrected chi connectivity index (χ3v) is 4.54. The van der Waals surface area contributed by atoms with E-state index in [1.54, 1.807) is 6.07 Å². The van der Waals surface area contributed by atoms with Gasteiger partial charge in [-0.25, -0.2) is 0 Å². The average Bonchev–Trinajstić information content (AvgIpc) is 2.46. The number of phenolic OH excluding ortho intramolecular Hbond substituents is 1. The van der Waals surface area contributed by atoms with Crippen LogP contribution in [-0.4, -0.2) is 11.1 Å². The monoisotopic (exact) mass is 251 g/mol. The van der Waals surface area contributed by atoms with Crippen molar-refractivity contribution in [3.63, 3.8) is 0 Å². The number of hydrogen-bond acceptors (Lipinski definition) is 2. The maximum Gasteiger partial charge on any atom is 0.115 e. The molecule has 2 aliphatic rings. The van der Waals surface area contributed by atoms with Crippen molar-refractivity contribution >= 4 is 0 Å². The first kappa shape index (κ1) is 11.1. The van der Waals surface area contributed by atoms with Crippen LogP contribution in [-0.2, 0) is 13.0 Å². The maximum absolute atomic E-state index is 9.81. The molecule has 96 valence electrons. The fraction of sp³-hybridized carbons (Fsp3) is 0.294. The number of benzene rings is 2. The second kappa shape index (κ2) is 4.10. The number of fused-ring (bicyclic) bond motifs is 5. The summed E-state index contributed by atoms with van der Waals surface area (Å²) >= 11 is 0. The van der Waals surface area contributed by atoms with E-state index in [0.29, 0.717) is 17.7 Å². The van der Waals surface area contributed by atoms with Gasteiger partial charge in [0.2, 0.25) is 0 Å². The van der Waals surface area contributed by atoms with E-state index in [0.717, 1.165) is 13.0 Å². The van der Waals surface area contributed by atoms with Gasteiger partial charge in [0, 0.05) is 18.5 Å². The van der Waals surface area contributed by atoms with Crippen LogP contribution in [0.25, 0.3) is 0 Å². The molecule has 0 saturated carbocycles. The van der Waals surface area contributed by atoms with Crippen molar-refractivity contribution in [2.24, 2.45) is 0 Å². The highest BCUT2D eigenvalue weighted by Gasteiger charge is 2.34. The lowest BCUT2D eigenvalue weighted by molar-refractivity contribution is 0.391. The van der Waals surface area contributed by atoms with Crippen LogP contribution in [0.4, 0.5) is 0 Å². The third-order valence-electron chi connectivity index (χ3n) is 4.54. The van der Waals surface area contributed by atoms with E-state index < -0.39 is 0 Å². The van der Waals surface area contributed by atoms with E-state index in [1.165, 1.54) is 28.7 Å². The second-order valence-electron chi connectivity index (χ2n) is 5.59. The molecular formula is C17H17NO. The lowest BCUT2D eigenvalue weighted by Crippen LogP contribution is -2.42.